The van der Waals surface area contributed by atoms with Crippen LogP contribution in [0.15, 0.2) is 18.2 Å². The van der Waals surface area contributed by atoms with Crippen molar-refractivity contribution >= 4 is 21.6 Å². The topological polar surface area (TPSA) is 6.48 Å². The van der Waals surface area contributed by atoms with Crippen LogP contribution >= 0.6 is 15.9 Å². The average Bonchev–Trinajstić information content (AvgIpc) is 2.74. The molecule has 1 aromatic carbocycles. The predicted octanol–water partition coefficient (Wildman–Crippen LogP) is 3.42. The molecule has 1 atom stereocenters. The molecule has 2 nitrogen and oxygen atoms in total. The third kappa shape index (κ3) is 3.07. The first kappa shape index (κ1) is 13.9. The molecule has 0 amide bonds. The molecule has 0 aliphatic carbocycles. The minimum atomic E-state index is 0.708. The average molecular weight is 311 g/mol. The minimum absolute atomic E-state index is 0.708. The zero-order chi connectivity index (χ0) is 13.1. The zero-order valence-electron chi connectivity index (χ0n) is 11.6. The Bertz CT molecular complexity index is 405. The molecule has 1 unspecified atom stereocenters. The van der Waals surface area contributed by atoms with Crippen LogP contribution in [0, 0.1) is 6.92 Å². The monoisotopic (exact) mass is 310 g/mol. The highest BCUT2D eigenvalue weighted by Crippen LogP contribution is 2.25. The summed E-state index contributed by atoms with van der Waals surface area (Å²) in [5.74, 6) is 0. The molecular formula is C15H23BrN2. The number of rotatable bonds is 4. The minimum Gasteiger partial charge on any atom is -0.373 e. The second-order valence-corrected chi connectivity index (χ2v) is 5.98. The van der Waals surface area contributed by atoms with Gasteiger partial charge in [0.1, 0.15) is 0 Å². The number of hydrogen-bond donors (Lipinski definition) is 0. The van der Waals surface area contributed by atoms with Gasteiger partial charge in [-0.2, -0.15) is 0 Å². The molecule has 0 bridgehead atoms. The van der Waals surface area contributed by atoms with Crippen molar-refractivity contribution in [3.63, 3.8) is 0 Å². The number of benzene rings is 1. The number of likely N-dealkylation sites (N-methyl/N-ethyl adjacent to an activating group) is 2. The van der Waals surface area contributed by atoms with Crippen molar-refractivity contribution < 1.29 is 0 Å². The van der Waals surface area contributed by atoms with E-state index in [9.17, 15) is 0 Å². The lowest BCUT2D eigenvalue weighted by atomic mass is 10.1. The first-order valence-electron chi connectivity index (χ1n) is 6.68. The van der Waals surface area contributed by atoms with Gasteiger partial charge in [-0.3, -0.25) is 0 Å². The Morgan fingerprint density at radius 3 is 2.83 bits per heavy atom. The number of aryl methyl sites for hydroxylation is 1. The van der Waals surface area contributed by atoms with E-state index >= 15 is 0 Å². The lowest BCUT2D eigenvalue weighted by molar-refractivity contribution is 0.314. The first-order valence-corrected chi connectivity index (χ1v) is 7.81. The second kappa shape index (κ2) is 6.07. The van der Waals surface area contributed by atoms with Crippen LogP contribution in [0.4, 0.5) is 5.69 Å². The summed E-state index contributed by atoms with van der Waals surface area (Å²) >= 11 is 3.60. The van der Waals surface area contributed by atoms with Crippen molar-refractivity contribution in [1.82, 2.24) is 4.90 Å². The summed E-state index contributed by atoms with van der Waals surface area (Å²) in [5, 5.41) is 0.925. The summed E-state index contributed by atoms with van der Waals surface area (Å²) in [4.78, 5) is 4.89. The third-order valence-corrected chi connectivity index (χ3v) is 4.55. The molecular weight excluding hydrogens is 288 g/mol. The van der Waals surface area contributed by atoms with Crippen molar-refractivity contribution in [3.8, 4) is 0 Å². The number of likely N-dealkylation sites (tertiary alicyclic amines) is 1. The van der Waals surface area contributed by atoms with E-state index in [1.54, 1.807) is 0 Å². The number of alkyl halides is 1. The molecule has 3 heteroatoms. The standard InChI is InChI=1S/C15H23BrN2/c1-12-6-7-15(13(9-12)10-16)18(3)11-14-5-4-8-17(14)2/h6-7,9,14H,4-5,8,10-11H2,1-3H3. The van der Waals surface area contributed by atoms with E-state index in [1.807, 2.05) is 0 Å². The van der Waals surface area contributed by atoms with Crippen LogP contribution in [0.25, 0.3) is 0 Å². The van der Waals surface area contributed by atoms with Gasteiger partial charge < -0.3 is 9.80 Å². The molecule has 1 aliphatic heterocycles. The van der Waals surface area contributed by atoms with Crippen LogP contribution in [0.3, 0.4) is 0 Å². The van der Waals surface area contributed by atoms with E-state index < -0.39 is 0 Å². The molecule has 0 spiro atoms. The van der Waals surface area contributed by atoms with Crippen LogP contribution in [0.2, 0.25) is 0 Å². The summed E-state index contributed by atoms with van der Waals surface area (Å²) in [6, 6.07) is 7.44. The van der Waals surface area contributed by atoms with Gasteiger partial charge in [-0.1, -0.05) is 33.6 Å². The number of nitrogens with zero attached hydrogens (tertiary/aromatic N) is 2. The Morgan fingerprint density at radius 1 is 1.44 bits per heavy atom. The van der Waals surface area contributed by atoms with Gasteiger partial charge in [0.05, 0.1) is 0 Å². The Balaban J connectivity index is 2.10. The molecule has 100 valence electrons. The zero-order valence-corrected chi connectivity index (χ0v) is 13.2. The van der Waals surface area contributed by atoms with E-state index in [0.29, 0.717) is 6.04 Å². The van der Waals surface area contributed by atoms with Crippen LogP contribution in [0.1, 0.15) is 24.0 Å². The van der Waals surface area contributed by atoms with Crippen molar-refractivity contribution in [2.24, 2.45) is 0 Å². The summed E-state index contributed by atoms with van der Waals surface area (Å²) in [6.45, 7) is 4.53. The van der Waals surface area contributed by atoms with Crippen molar-refractivity contribution in [1.29, 1.82) is 0 Å². The lowest BCUT2D eigenvalue weighted by Gasteiger charge is -2.28. The van der Waals surface area contributed by atoms with Gasteiger partial charge >= 0.3 is 0 Å². The van der Waals surface area contributed by atoms with E-state index in [4.69, 9.17) is 0 Å². The predicted molar refractivity (Wildman–Crippen MR) is 82.7 cm³/mol. The molecule has 0 aromatic heterocycles. The van der Waals surface area contributed by atoms with Crippen LogP contribution in [-0.2, 0) is 5.33 Å². The quantitative estimate of drug-likeness (QED) is 0.786. The summed E-state index contributed by atoms with van der Waals surface area (Å²) in [5.41, 5.74) is 4.08. The molecule has 0 N–H and O–H groups in total. The molecule has 0 radical (unpaired) electrons. The first-order chi connectivity index (χ1) is 8.61. The van der Waals surface area contributed by atoms with Crippen LogP contribution in [-0.4, -0.2) is 38.1 Å². The molecule has 2 rings (SSSR count). The van der Waals surface area contributed by atoms with E-state index in [1.165, 1.54) is 36.2 Å². The fourth-order valence-electron chi connectivity index (χ4n) is 2.82. The van der Waals surface area contributed by atoms with Gasteiger partial charge in [0.15, 0.2) is 0 Å². The van der Waals surface area contributed by atoms with Gasteiger partial charge in [0.25, 0.3) is 0 Å². The fraction of sp³-hybridized carbons (Fsp3) is 0.600. The summed E-state index contributed by atoms with van der Waals surface area (Å²) in [7, 11) is 4.45. The van der Waals surface area contributed by atoms with Gasteiger partial charge in [0.2, 0.25) is 0 Å². The Morgan fingerprint density at radius 2 is 2.22 bits per heavy atom. The fourth-order valence-corrected chi connectivity index (χ4v) is 3.27. The molecule has 0 saturated carbocycles. The lowest BCUT2D eigenvalue weighted by Crippen LogP contribution is -2.36. The summed E-state index contributed by atoms with van der Waals surface area (Å²) in [6.07, 6.45) is 2.67. The Kier molecular flexibility index (Phi) is 4.68. The highest BCUT2D eigenvalue weighted by atomic mass is 79.9. The Labute approximate surface area is 119 Å². The number of halogens is 1. The number of anilines is 1. The van der Waals surface area contributed by atoms with Crippen molar-refractivity contribution in [2.75, 3.05) is 32.1 Å². The smallest absolute Gasteiger partial charge is 0.0405 e. The van der Waals surface area contributed by atoms with Gasteiger partial charge in [-0.25, -0.2) is 0 Å². The molecule has 1 aliphatic rings. The normalized spacial score (nSPS) is 20.3. The largest absolute Gasteiger partial charge is 0.373 e. The summed E-state index contributed by atoms with van der Waals surface area (Å²) < 4.78 is 0. The highest BCUT2D eigenvalue weighted by Gasteiger charge is 2.22. The molecule has 1 heterocycles. The van der Waals surface area contributed by atoms with E-state index in [-0.39, 0.29) is 0 Å². The third-order valence-electron chi connectivity index (χ3n) is 3.95. The maximum absolute atomic E-state index is 3.60. The molecule has 1 aromatic rings. The van der Waals surface area contributed by atoms with E-state index in [2.05, 4.69) is 64.9 Å². The van der Waals surface area contributed by atoms with Crippen LogP contribution in [0.5, 0.6) is 0 Å². The SMILES string of the molecule is Cc1ccc(N(C)CC2CCCN2C)c(CBr)c1. The van der Waals surface area contributed by atoms with Gasteiger partial charge in [-0.05, 0) is 45.0 Å². The van der Waals surface area contributed by atoms with Crippen LogP contribution < -0.4 is 4.90 Å². The highest BCUT2D eigenvalue weighted by molar-refractivity contribution is 9.08. The second-order valence-electron chi connectivity index (χ2n) is 5.42. The van der Waals surface area contributed by atoms with E-state index in [0.717, 1.165) is 11.9 Å². The maximum atomic E-state index is 3.60. The molecule has 18 heavy (non-hydrogen) atoms. The van der Waals surface area contributed by atoms with Crippen molar-refractivity contribution in [2.45, 2.75) is 31.1 Å². The maximum Gasteiger partial charge on any atom is 0.0405 e. The Hall–Kier alpha value is -0.540. The molecule has 1 fully saturated rings. The van der Waals surface area contributed by atoms with Crippen molar-refractivity contribution in [3.05, 3.63) is 29.3 Å². The molecule has 1 saturated heterocycles. The van der Waals surface area contributed by atoms with Gasteiger partial charge in [-0.15, -0.1) is 0 Å². The number of hydrogen-bond acceptors (Lipinski definition) is 2. The van der Waals surface area contributed by atoms with Gasteiger partial charge in [0, 0.05) is 30.7 Å².